The summed E-state index contributed by atoms with van der Waals surface area (Å²) in [6.07, 6.45) is 0.218. The third kappa shape index (κ3) is 3.85. The number of primary amides is 1. The number of phenolic OH excluding ortho intramolecular Hbond substituents is 1. The first kappa shape index (κ1) is 27.2. The van der Waals surface area contributed by atoms with Crippen LogP contribution in [0.5, 0.6) is 5.75 Å². The van der Waals surface area contributed by atoms with Gasteiger partial charge in [0.05, 0.1) is 30.5 Å². The molecular formula is C29H32N4O8. The van der Waals surface area contributed by atoms with Crippen LogP contribution in [0.2, 0.25) is 0 Å². The summed E-state index contributed by atoms with van der Waals surface area (Å²) in [7, 11) is 0. The molecule has 3 aliphatic carbocycles. The van der Waals surface area contributed by atoms with Gasteiger partial charge in [0.2, 0.25) is 5.78 Å². The van der Waals surface area contributed by atoms with Crippen LogP contribution in [-0.4, -0.2) is 90.9 Å². The van der Waals surface area contributed by atoms with Crippen molar-refractivity contribution < 1.29 is 39.5 Å². The number of aromatic amines is 1. The van der Waals surface area contributed by atoms with Crippen molar-refractivity contribution in [2.75, 3.05) is 26.3 Å². The number of amides is 1. The highest BCUT2D eigenvalue weighted by molar-refractivity contribution is 6.24. The summed E-state index contributed by atoms with van der Waals surface area (Å²) in [5, 5.41) is 52.7. The first-order valence-electron chi connectivity index (χ1n) is 13.7. The molecule has 7 N–H and O–H groups in total. The Kier molecular flexibility index (Phi) is 6.32. The second-order valence-corrected chi connectivity index (χ2v) is 11.5. The van der Waals surface area contributed by atoms with Gasteiger partial charge >= 0.3 is 0 Å². The van der Waals surface area contributed by atoms with E-state index in [1.165, 1.54) is 6.07 Å². The van der Waals surface area contributed by atoms with Crippen LogP contribution in [0, 0.1) is 11.8 Å². The normalized spacial score (nSPS) is 28.5. The lowest BCUT2D eigenvalue weighted by atomic mass is 9.57. The van der Waals surface area contributed by atoms with Crippen molar-refractivity contribution in [2.24, 2.45) is 17.6 Å². The summed E-state index contributed by atoms with van der Waals surface area (Å²) in [4.78, 5) is 41.8. The number of carbonyl (C=O) groups is 3. The fourth-order valence-corrected chi connectivity index (χ4v) is 6.94. The molecule has 0 bridgehead atoms. The van der Waals surface area contributed by atoms with E-state index in [9.17, 15) is 34.8 Å². The number of benzene rings is 1. The molecule has 12 heteroatoms. The molecule has 6 rings (SSSR count). The average Bonchev–Trinajstić information content (AvgIpc) is 3.42. The Bertz CT molecular complexity index is 1550. The maximum absolute atomic E-state index is 14.1. The monoisotopic (exact) mass is 564 g/mol. The van der Waals surface area contributed by atoms with E-state index in [2.05, 4.69) is 10.2 Å². The summed E-state index contributed by atoms with van der Waals surface area (Å²) in [6, 6.07) is 3.86. The van der Waals surface area contributed by atoms with E-state index in [-0.39, 0.29) is 35.6 Å². The van der Waals surface area contributed by atoms with Gasteiger partial charge in [-0.25, -0.2) is 0 Å². The SMILES string of the molecule is CC(C)c1cc(-c2ccc(O)c3c2C[C@H]2C[C@H]4[C@@H](N5CCOCC5)C(=O)C(C(N)=O)=C(O)[C@@]4(O)C(=O)C2=C3O)n[nH]1. The Morgan fingerprint density at radius 3 is 2.54 bits per heavy atom. The number of hydrogen-bond donors (Lipinski definition) is 6. The third-order valence-electron chi connectivity index (χ3n) is 8.98. The molecule has 1 aliphatic heterocycles. The maximum Gasteiger partial charge on any atom is 0.255 e. The molecule has 0 radical (unpaired) electrons. The largest absolute Gasteiger partial charge is 0.508 e. The highest BCUT2D eigenvalue weighted by atomic mass is 16.5. The number of hydrogen-bond acceptors (Lipinski definition) is 10. The Morgan fingerprint density at radius 2 is 1.90 bits per heavy atom. The molecule has 4 aliphatic rings. The molecule has 1 amide bonds. The van der Waals surface area contributed by atoms with Crippen LogP contribution < -0.4 is 5.73 Å². The number of H-pyrrole nitrogens is 1. The van der Waals surface area contributed by atoms with E-state index in [1.807, 2.05) is 19.9 Å². The maximum atomic E-state index is 14.1. The smallest absolute Gasteiger partial charge is 0.255 e. The lowest BCUT2D eigenvalue weighted by molar-refractivity contribution is -0.157. The van der Waals surface area contributed by atoms with Gasteiger partial charge in [-0.2, -0.15) is 5.10 Å². The molecular weight excluding hydrogens is 532 g/mol. The number of aliphatic hydroxyl groups excluding tert-OH is 2. The van der Waals surface area contributed by atoms with Gasteiger partial charge in [0.1, 0.15) is 22.8 Å². The summed E-state index contributed by atoms with van der Waals surface area (Å²) in [6.45, 7) is 5.25. The number of aromatic nitrogens is 2. The number of phenols is 1. The van der Waals surface area contributed by atoms with Crippen LogP contribution in [-0.2, 0) is 25.5 Å². The van der Waals surface area contributed by atoms with Crippen molar-refractivity contribution in [3.63, 3.8) is 0 Å². The van der Waals surface area contributed by atoms with Crippen molar-refractivity contribution in [1.29, 1.82) is 0 Å². The van der Waals surface area contributed by atoms with E-state index in [1.54, 1.807) is 11.0 Å². The Morgan fingerprint density at radius 1 is 1.20 bits per heavy atom. The fourth-order valence-electron chi connectivity index (χ4n) is 6.94. The number of Topliss-reactive ketones (excluding diaryl/α,β-unsaturated/α-hetero) is 2. The molecule has 1 aromatic carbocycles. The molecule has 2 aromatic rings. The van der Waals surface area contributed by atoms with Gasteiger partial charge in [0, 0.05) is 35.8 Å². The first-order chi connectivity index (χ1) is 19.5. The number of nitrogens with one attached hydrogen (secondary N) is 1. The molecule has 0 spiro atoms. The highest BCUT2D eigenvalue weighted by Crippen LogP contribution is 2.53. The van der Waals surface area contributed by atoms with E-state index in [0.717, 1.165) is 5.69 Å². The quantitative estimate of drug-likeness (QED) is 0.294. The van der Waals surface area contributed by atoms with Gasteiger partial charge in [0.15, 0.2) is 11.4 Å². The standard InChI is InChI=1S/C29H32N4O8/c1-12(2)17-11-18(32-31-17)14-3-4-19(34)21-15(14)9-13-10-16-23(33-5-7-41-8-6-33)25(36)22(28(30)39)27(38)29(16,40)26(37)20(13)24(21)35/h3-4,11-13,16,23,34-35,38,40H,5-10H2,1-2H3,(H2,30,39)(H,31,32)/t13-,16-,23+,29-/m0/s1. The Labute approximate surface area is 235 Å². The Hall–Kier alpha value is -4.00. The van der Waals surface area contributed by atoms with Gasteiger partial charge in [-0.15, -0.1) is 0 Å². The number of ketones is 2. The molecule has 41 heavy (non-hydrogen) atoms. The molecule has 4 atom stereocenters. The number of nitrogens with zero attached hydrogens (tertiary/aromatic N) is 2. The van der Waals surface area contributed by atoms with Gasteiger partial charge in [0.25, 0.3) is 5.91 Å². The molecule has 1 aromatic heterocycles. The molecule has 2 fully saturated rings. The zero-order valence-corrected chi connectivity index (χ0v) is 22.7. The molecule has 1 saturated heterocycles. The van der Waals surface area contributed by atoms with Crippen molar-refractivity contribution in [2.45, 2.75) is 44.2 Å². The van der Waals surface area contributed by atoms with Crippen molar-refractivity contribution in [3.05, 3.63) is 51.9 Å². The zero-order valence-electron chi connectivity index (χ0n) is 22.7. The van der Waals surface area contributed by atoms with Crippen molar-refractivity contribution in [3.8, 4) is 17.0 Å². The van der Waals surface area contributed by atoms with Crippen LogP contribution >= 0.6 is 0 Å². The first-order valence-corrected chi connectivity index (χ1v) is 13.7. The van der Waals surface area contributed by atoms with E-state index >= 15 is 0 Å². The Balaban J connectivity index is 1.52. The van der Waals surface area contributed by atoms with Crippen LogP contribution in [0.4, 0.5) is 0 Å². The fraction of sp³-hybridized carbons (Fsp3) is 0.448. The molecule has 216 valence electrons. The number of aliphatic hydroxyl groups is 3. The van der Waals surface area contributed by atoms with Crippen LogP contribution in [0.3, 0.4) is 0 Å². The van der Waals surface area contributed by atoms with Crippen LogP contribution in [0.15, 0.2) is 35.1 Å². The van der Waals surface area contributed by atoms with Crippen LogP contribution in [0.1, 0.15) is 43.0 Å². The lowest BCUT2D eigenvalue weighted by Crippen LogP contribution is -2.67. The van der Waals surface area contributed by atoms with E-state index < -0.39 is 58.0 Å². The summed E-state index contributed by atoms with van der Waals surface area (Å²) in [5.41, 5.74) is 4.53. The summed E-state index contributed by atoms with van der Waals surface area (Å²) in [5.74, 6) is -6.56. The van der Waals surface area contributed by atoms with Crippen LogP contribution in [0.25, 0.3) is 17.0 Å². The number of ether oxygens (including phenoxy) is 1. The number of aromatic hydroxyl groups is 1. The van der Waals surface area contributed by atoms with E-state index in [4.69, 9.17) is 10.5 Å². The molecule has 1 saturated carbocycles. The predicted octanol–water partition coefficient (Wildman–Crippen LogP) is 1.25. The second-order valence-electron chi connectivity index (χ2n) is 11.5. The highest BCUT2D eigenvalue weighted by Gasteiger charge is 2.64. The third-order valence-corrected chi connectivity index (χ3v) is 8.98. The average molecular weight is 565 g/mol. The predicted molar refractivity (Wildman–Crippen MR) is 145 cm³/mol. The minimum absolute atomic E-state index is 0.0256. The number of rotatable bonds is 4. The summed E-state index contributed by atoms with van der Waals surface area (Å²) < 4.78 is 5.42. The van der Waals surface area contributed by atoms with E-state index in [0.29, 0.717) is 43.1 Å². The zero-order chi connectivity index (χ0) is 29.4. The molecule has 0 unspecified atom stereocenters. The van der Waals surface area contributed by atoms with Crippen molar-refractivity contribution >= 4 is 23.2 Å². The summed E-state index contributed by atoms with van der Waals surface area (Å²) >= 11 is 0. The van der Waals surface area contributed by atoms with Gasteiger partial charge in [-0.3, -0.25) is 24.4 Å². The number of fused-ring (bicyclic) bond motifs is 3. The number of carbonyl (C=O) groups excluding carboxylic acids is 3. The molecule has 12 nitrogen and oxygen atoms in total. The van der Waals surface area contributed by atoms with Gasteiger partial charge in [-0.05, 0) is 48.4 Å². The minimum Gasteiger partial charge on any atom is -0.508 e. The minimum atomic E-state index is -2.68. The molecule has 2 heterocycles. The van der Waals surface area contributed by atoms with Gasteiger partial charge < -0.3 is 30.9 Å². The van der Waals surface area contributed by atoms with Crippen molar-refractivity contribution in [1.82, 2.24) is 15.1 Å². The topological polar surface area (TPSA) is 199 Å². The number of nitrogens with two attached hydrogens (primary N) is 1. The number of morpholine rings is 1. The second kappa shape index (κ2) is 9.54. The lowest BCUT2D eigenvalue weighted by Gasteiger charge is -2.51. The van der Waals surface area contributed by atoms with Gasteiger partial charge in [-0.1, -0.05) is 13.8 Å².